The molecule has 3 aromatic rings. The maximum Gasteiger partial charge on any atom is 0.252 e. The number of imidazole rings is 1. The molecule has 0 bridgehead atoms. The lowest BCUT2D eigenvalue weighted by Gasteiger charge is -2.26. The summed E-state index contributed by atoms with van der Waals surface area (Å²) < 4.78 is 35.0. The third-order valence-corrected chi connectivity index (χ3v) is 8.14. The number of hydrogen-bond donors (Lipinski definition) is 1. The largest absolute Gasteiger partial charge is 0.497 e. The van der Waals surface area contributed by atoms with Gasteiger partial charge in [-0.3, -0.25) is 4.79 Å². The number of benzene rings is 2. The minimum atomic E-state index is -3.65. The minimum Gasteiger partial charge on any atom is -0.497 e. The SMILES string of the molecule is COc1ccc([C@@H](NC(=O)c2cc(S(=O)(=O)N3CCCCC3)ccc2C)c2nccn2C)cc1. The molecule has 1 aromatic heterocycles. The van der Waals surface area contributed by atoms with Gasteiger partial charge in [-0.2, -0.15) is 4.31 Å². The maximum atomic E-state index is 13.5. The molecular weight excluding hydrogens is 452 g/mol. The number of methoxy groups -OCH3 is 1. The molecule has 2 heterocycles. The van der Waals surface area contributed by atoms with E-state index in [-0.39, 0.29) is 10.8 Å². The highest BCUT2D eigenvalue weighted by molar-refractivity contribution is 7.89. The number of aryl methyl sites for hydroxylation is 2. The Morgan fingerprint density at radius 2 is 1.79 bits per heavy atom. The Balaban J connectivity index is 1.66. The van der Waals surface area contributed by atoms with E-state index in [2.05, 4.69) is 10.3 Å². The van der Waals surface area contributed by atoms with Crippen LogP contribution in [0.1, 0.15) is 52.6 Å². The Morgan fingerprint density at radius 3 is 2.41 bits per heavy atom. The van der Waals surface area contributed by atoms with E-state index in [0.717, 1.165) is 24.8 Å². The van der Waals surface area contributed by atoms with Gasteiger partial charge >= 0.3 is 0 Å². The fourth-order valence-corrected chi connectivity index (χ4v) is 5.76. The third kappa shape index (κ3) is 4.85. The summed E-state index contributed by atoms with van der Waals surface area (Å²) in [6, 6.07) is 11.6. The Hall–Kier alpha value is -3.17. The molecule has 0 saturated carbocycles. The zero-order chi connectivity index (χ0) is 24.3. The number of nitrogens with one attached hydrogen (secondary N) is 1. The predicted molar refractivity (Wildman–Crippen MR) is 129 cm³/mol. The second kappa shape index (κ2) is 9.99. The van der Waals surface area contributed by atoms with Crippen LogP contribution >= 0.6 is 0 Å². The van der Waals surface area contributed by atoms with Crippen molar-refractivity contribution in [3.63, 3.8) is 0 Å². The molecule has 1 atom stereocenters. The molecule has 1 fully saturated rings. The summed E-state index contributed by atoms with van der Waals surface area (Å²) in [5.41, 5.74) is 1.85. The Bertz CT molecular complexity index is 1260. The molecule has 1 N–H and O–H groups in total. The van der Waals surface area contributed by atoms with Crippen molar-refractivity contribution >= 4 is 15.9 Å². The molecule has 0 radical (unpaired) electrons. The van der Waals surface area contributed by atoms with Gasteiger partial charge in [-0.05, 0) is 55.2 Å². The van der Waals surface area contributed by atoms with Crippen LogP contribution in [0.2, 0.25) is 0 Å². The monoisotopic (exact) mass is 482 g/mol. The van der Waals surface area contributed by atoms with Gasteiger partial charge in [-0.1, -0.05) is 24.6 Å². The summed E-state index contributed by atoms with van der Waals surface area (Å²) in [5.74, 6) is 1.01. The van der Waals surface area contributed by atoms with E-state index in [1.54, 1.807) is 32.4 Å². The predicted octanol–water partition coefficient (Wildman–Crippen LogP) is 3.43. The first kappa shape index (κ1) is 24.0. The molecule has 0 aliphatic carbocycles. The maximum absolute atomic E-state index is 13.5. The van der Waals surface area contributed by atoms with Crippen LogP contribution in [0.5, 0.6) is 5.75 Å². The molecule has 8 nitrogen and oxygen atoms in total. The number of ether oxygens (including phenoxy) is 1. The highest BCUT2D eigenvalue weighted by Crippen LogP contribution is 2.26. The average Bonchev–Trinajstić information content (AvgIpc) is 3.28. The molecule has 1 amide bonds. The summed E-state index contributed by atoms with van der Waals surface area (Å²) in [5, 5.41) is 3.06. The van der Waals surface area contributed by atoms with Crippen molar-refractivity contribution in [2.75, 3.05) is 20.2 Å². The van der Waals surface area contributed by atoms with Gasteiger partial charge in [-0.25, -0.2) is 13.4 Å². The van der Waals surface area contributed by atoms with Crippen LogP contribution in [0.3, 0.4) is 0 Å². The van der Waals surface area contributed by atoms with E-state index < -0.39 is 16.1 Å². The summed E-state index contributed by atoms with van der Waals surface area (Å²) in [4.78, 5) is 18.0. The molecule has 0 unspecified atom stereocenters. The third-order valence-electron chi connectivity index (χ3n) is 6.25. The molecular formula is C25H30N4O4S. The highest BCUT2D eigenvalue weighted by atomic mass is 32.2. The number of piperidine rings is 1. The van der Waals surface area contributed by atoms with Crippen LogP contribution in [0, 0.1) is 6.92 Å². The van der Waals surface area contributed by atoms with Crippen LogP contribution in [-0.2, 0) is 17.1 Å². The van der Waals surface area contributed by atoms with Crippen LogP contribution < -0.4 is 10.1 Å². The zero-order valence-corrected chi connectivity index (χ0v) is 20.5. The van der Waals surface area contributed by atoms with Gasteiger partial charge in [-0.15, -0.1) is 0 Å². The van der Waals surface area contributed by atoms with Crippen molar-refractivity contribution in [1.29, 1.82) is 0 Å². The number of carbonyl (C=O) groups excluding carboxylic acids is 1. The van der Waals surface area contributed by atoms with Crippen LogP contribution in [0.4, 0.5) is 0 Å². The lowest BCUT2D eigenvalue weighted by atomic mass is 10.0. The smallest absolute Gasteiger partial charge is 0.252 e. The van der Waals surface area contributed by atoms with Crippen LogP contribution in [0.15, 0.2) is 59.8 Å². The number of carbonyl (C=O) groups is 1. The lowest BCUT2D eigenvalue weighted by Crippen LogP contribution is -2.36. The zero-order valence-electron chi connectivity index (χ0n) is 19.7. The van der Waals surface area contributed by atoms with E-state index in [1.165, 1.54) is 10.4 Å². The van der Waals surface area contributed by atoms with Gasteiger partial charge in [0, 0.05) is 38.1 Å². The van der Waals surface area contributed by atoms with Crippen molar-refractivity contribution in [2.45, 2.75) is 37.1 Å². The second-order valence-corrected chi connectivity index (χ2v) is 10.5. The van der Waals surface area contributed by atoms with Crippen molar-refractivity contribution < 1.29 is 17.9 Å². The van der Waals surface area contributed by atoms with E-state index in [4.69, 9.17) is 4.74 Å². The first-order chi connectivity index (χ1) is 16.3. The Labute approximate surface area is 200 Å². The number of hydrogen-bond acceptors (Lipinski definition) is 5. The van der Waals surface area contributed by atoms with Gasteiger partial charge in [0.05, 0.1) is 12.0 Å². The van der Waals surface area contributed by atoms with Crippen LogP contribution in [-0.4, -0.2) is 48.4 Å². The van der Waals surface area contributed by atoms with Crippen molar-refractivity contribution in [1.82, 2.24) is 19.2 Å². The van der Waals surface area contributed by atoms with E-state index >= 15 is 0 Å². The summed E-state index contributed by atoms with van der Waals surface area (Å²) in [7, 11) is -0.189. The Kier molecular flexibility index (Phi) is 7.04. The molecule has 1 aliphatic rings. The second-order valence-electron chi connectivity index (χ2n) is 8.52. The van der Waals surface area contributed by atoms with E-state index in [1.807, 2.05) is 42.1 Å². The van der Waals surface area contributed by atoms with E-state index in [0.29, 0.717) is 35.8 Å². The molecule has 0 spiro atoms. The molecule has 34 heavy (non-hydrogen) atoms. The summed E-state index contributed by atoms with van der Waals surface area (Å²) in [6.07, 6.45) is 6.23. The van der Waals surface area contributed by atoms with Gasteiger partial charge in [0.2, 0.25) is 10.0 Å². The number of sulfonamides is 1. The number of rotatable bonds is 7. The molecule has 9 heteroatoms. The fraction of sp³-hybridized carbons (Fsp3) is 0.360. The van der Waals surface area contributed by atoms with Crippen molar-refractivity contribution in [2.24, 2.45) is 7.05 Å². The first-order valence-corrected chi connectivity index (χ1v) is 12.8. The summed E-state index contributed by atoms with van der Waals surface area (Å²) in [6.45, 7) is 2.82. The fourth-order valence-electron chi connectivity index (χ4n) is 4.22. The summed E-state index contributed by atoms with van der Waals surface area (Å²) >= 11 is 0. The number of amides is 1. The van der Waals surface area contributed by atoms with Gasteiger partial charge < -0.3 is 14.6 Å². The molecule has 180 valence electrons. The quantitative estimate of drug-likeness (QED) is 0.557. The highest BCUT2D eigenvalue weighted by Gasteiger charge is 2.28. The molecule has 1 aliphatic heterocycles. The van der Waals surface area contributed by atoms with Gasteiger partial charge in [0.25, 0.3) is 5.91 Å². The van der Waals surface area contributed by atoms with Gasteiger partial charge in [0.15, 0.2) is 0 Å². The average molecular weight is 483 g/mol. The number of nitrogens with zero attached hydrogens (tertiary/aromatic N) is 3. The van der Waals surface area contributed by atoms with Gasteiger partial charge in [0.1, 0.15) is 17.6 Å². The van der Waals surface area contributed by atoms with E-state index in [9.17, 15) is 13.2 Å². The number of aromatic nitrogens is 2. The first-order valence-electron chi connectivity index (χ1n) is 11.3. The van der Waals surface area contributed by atoms with Crippen molar-refractivity contribution in [3.05, 3.63) is 77.4 Å². The lowest BCUT2D eigenvalue weighted by molar-refractivity contribution is 0.0940. The Morgan fingerprint density at radius 1 is 1.09 bits per heavy atom. The standard InChI is InChI=1S/C25H30N4O4S/c1-18-7-12-21(34(31,32)29-14-5-4-6-15-29)17-22(18)25(30)27-23(24-26-13-16-28(24)2)19-8-10-20(33-3)11-9-19/h7-13,16-17,23H,4-6,14-15H2,1-3H3,(H,27,30)/t23-/m1/s1. The molecule has 4 rings (SSSR count). The molecule has 2 aromatic carbocycles. The minimum absolute atomic E-state index is 0.142. The van der Waals surface area contributed by atoms with Crippen molar-refractivity contribution in [3.8, 4) is 5.75 Å². The topological polar surface area (TPSA) is 93.5 Å². The normalized spacial score (nSPS) is 15.6. The molecule has 1 saturated heterocycles. The van der Waals surface area contributed by atoms with Crippen LogP contribution in [0.25, 0.3) is 0 Å².